The Hall–Kier alpha value is -2.33. The highest BCUT2D eigenvalue weighted by Crippen LogP contribution is 2.43. The van der Waals surface area contributed by atoms with Crippen molar-refractivity contribution >= 4 is 23.2 Å². The number of fused-ring (bicyclic) bond motifs is 1. The van der Waals surface area contributed by atoms with Gasteiger partial charge in [0.15, 0.2) is 23.1 Å². The normalized spacial score (nSPS) is 14.1. The molecule has 22 heavy (non-hydrogen) atoms. The van der Waals surface area contributed by atoms with Gasteiger partial charge >= 0.3 is 0 Å². The average Bonchev–Trinajstić information content (AvgIpc) is 2.79. The lowest BCUT2D eigenvalue weighted by Crippen LogP contribution is -2.13. The van der Waals surface area contributed by atoms with E-state index in [4.69, 9.17) is 21.1 Å². The molecular formula is C17H13ClO4. The first-order valence-corrected chi connectivity index (χ1v) is 7.05. The third-order valence-corrected chi connectivity index (χ3v) is 4.20. The largest absolute Gasteiger partial charge is 0.493 e. The van der Waals surface area contributed by atoms with E-state index < -0.39 is 5.92 Å². The molecule has 0 N–H and O–H groups in total. The Bertz CT molecular complexity index is 747. The molecule has 1 aliphatic carbocycles. The second kappa shape index (κ2) is 5.46. The summed E-state index contributed by atoms with van der Waals surface area (Å²) in [6.07, 6.45) is 0. The van der Waals surface area contributed by atoms with Gasteiger partial charge in [0.1, 0.15) is 5.92 Å². The van der Waals surface area contributed by atoms with Crippen molar-refractivity contribution in [3.05, 3.63) is 58.1 Å². The van der Waals surface area contributed by atoms with Crippen LogP contribution in [0.4, 0.5) is 0 Å². The molecule has 5 heteroatoms. The van der Waals surface area contributed by atoms with Crippen LogP contribution in [0.15, 0.2) is 36.4 Å². The molecule has 0 saturated heterocycles. The van der Waals surface area contributed by atoms with E-state index in [9.17, 15) is 9.59 Å². The van der Waals surface area contributed by atoms with E-state index >= 15 is 0 Å². The number of rotatable bonds is 3. The molecule has 0 radical (unpaired) electrons. The zero-order valence-electron chi connectivity index (χ0n) is 12.1. The summed E-state index contributed by atoms with van der Waals surface area (Å²) in [6.45, 7) is 0. The number of benzene rings is 2. The van der Waals surface area contributed by atoms with Crippen molar-refractivity contribution in [2.24, 2.45) is 0 Å². The highest BCUT2D eigenvalue weighted by atomic mass is 35.5. The topological polar surface area (TPSA) is 52.6 Å². The minimum absolute atomic E-state index is 0.223. The maximum atomic E-state index is 12.6. The van der Waals surface area contributed by atoms with E-state index in [-0.39, 0.29) is 16.6 Å². The molecule has 0 aromatic heterocycles. The Kier molecular flexibility index (Phi) is 3.62. The maximum absolute atomic E-state index is 12.6. The molecule has 1 aliphatic rings. The lowest BCUT2D eigenvalue weighted by Gasteiger charge is -2.15. The van der Waals surface area contributed by atoms with Gasteiger partial charge in [0.05, 0.1) is 19.2 Å². The van der Waals surface area contributed by atoms with E-state index in [1.54, 1.807) is 36.4 Å². The van der Waals surface area contributed by atoms with E-state index in [1.807, 2.05) is 0 Å². The van der Waals surface area contributed by atoms with Crippen molar-refractivity contribution in [1.82, 2.24) is 0 Å². The fourth-order valence-electron chi connectivity index (χ4n) is 2.75. The molecule has 0 heterocycles. The quantitative estimate of drug-likeness (QED) is 0.813. The predicted octanol–water partition coefficient (Wildman–Crippen LogP) is 3.52. The minimum Gasteiger partial charge on any atom is -0.493 e. The first-order chi connectivity index (χ1) is 10.6. The van der Waals surface area contributed by atoms with Gasteiger partial charge in [-0.3, -0.25) is 9.59 Å². The van der Waals surface area contributed by atoms with Gasteiger partial charge in [-0.2, -0.15) is 0 Å². The molecule has 0 saturated carbocycles. The van der Waals surface area contributed by atoms with E-state index in [0.717, 1.165) is 0 Å². The Morgan fingerprint density at radius 3 is 2.00 bits per heavy atom. The smallest absolute Gasteiger partial charge is 0.179 e. The lowest BCUT2D eigenvalue weighted by atomic mass is 9.94. The van der Waals surface area contributed by atoms with Gasteiger partial charge in [0.25, 0.3) is 0 Å². The monoisotopic (exact) mass is 316 g/mol. The number of ketones is 2. The molecule has 3 rings (SSSR count). The third-order valence-electron chi connectivity index (χ3n) is 3.81. The number of carbonyl (C=O) groups is 2. The Labute approximate surface area is 132 Å². The molecule has 112 valence electrons. The number of hydrogen-bond acceptors (Lipinski definition) is 4. The zero-order chi connectivity index (χ0) is 15.9. The lowest BCUT2D eigenvalue weighted by molar-refractivity contribution is 0.0890. The van der Waals surface area contributed by atoms with Crippen LogP contribution in [0.3, 0.4) is 0 Å². The Morgan fingerprint density at radius 1 is 0.909 bits per heavy atom. The summed E-state index contributed by atoms with van der Waals surface area (Å²) < 4.78 is 10.4. The number of methoxy groups -OCH3 is 2. The fraction of sp³-hybridized carbons (Fsp3) is 0.176. The van der Waals surface area contributed by atoms with Crippen LogP contribution in [0.25, 0.3) is 0 Å². The number of ether oxygens (including phenoxy) is 2. The predicted molar refractivity (Wildman–Crippen MR) is 82.4 cm³/mol. The molecule has 0 unspecified atom stereocenters. The Morgan fingerprint density at radius 2 is 1.50 bits per heavy atom. The first-order valence-electron chi connectivity index (χ1n) is 6.68. The highest BCUT2D eigenvalue weighted by molar-refractivity contribution is 6.36. The van der Waals surface area contributed by atoms with Crippen LogP contribution in [0.2, 0.25) is 5.02 Å². The molecule has 0 amide bonds. The molecule has 0 fully saturated rings. The summed E-state index contributed by atoms with van der Waals surface area (Å²) >= 11 is 6.34. The van der Waals surface area contributed by atoms with Crippen molar-refractivity contribution in [2.75, 3.05) is 14.2 Å². The summed E-state index contributed by atoms with van der Waals surface area (Å²) in [5, 5.41) is 0.223. The number of halogens is 1. The molecule has 0 bridgehead atoms. The zero-order valence-corrected chi connectivity index (χ0v) is 12.8. The van der Waals surface area contributed by atoms with Gasteiger partial charge < -0.3 is 9.47 Å². The van der Waals surface area contributed by atoms with Crippen LogP contribution >= 0.6 is 11.6 Å². The van der Waals surface area contributed by atoms with Crippen LogP contribution in [0.1, 0.15) is 32.2 Å². The standard InChI is InChI=1S/C17H13ClO4/c1-21-12-8-7-11(14(18)17(12)22-2)13-15(19)9-5-3-4-6-10(9)16(13)20/h3-8,13H,1-2H3. The summed E-state index contributed by atoms with van der Waals surface area (Å²) in [7, 11) is 2.95. The second-order valence-electron chi connectivity index (χ2n) is 4.91. The van der Waals surface area contributed by atoms with Crippen molar-refractivity contribution in [3.63, 3.8) is 0 Å². The van der Waals surface area contributed by atoms with Gasteiger partial charge in [0.2, 0.25) is 0 Å². The highest BCUT2D eigenvalue weighted by Gasteiger charge is 2.41. The second-order valence-corrected chi connectivity index (χ2v) is 5.29. The van der Waals surface area contributed by atoms with Crippen molar-refractivity contribution in [1.29, 1.82) is 0 Å². The number of Topliss-reactive ketones (excluding diaryl/α,β-unsaturated/α-hetero) is 2. The molecule has 0 spiro atoms. The van der Waals surface area contributed by atoms with Crippen molar-refractivity contribution in [2.45, 2.75) is 5.92 Å². The van der Waals surface area contributed by atoms with Crippen LogP contribution in [0.5, 0.6) is 11.5 Å². The number of hydrogen-bond donors (Lipinski definition) is 0. The SMILES string of the molecule is COc1ccc(C2C(=O)c3ccccc3C2=O)c(Cl)c1OC. The van der Waals surface area contributed by atoms with Crippen LogP contribution in [-0.2, 0) is 0 Å². The van der Waals surface area contributed by atoms with Crippen LogP contribution < -0.4 is 9.47 Å². The van der Waals surface area contributed by atoms with Gasteiger partial charge in [-0.05, 0) is 11.6 Å². The molecule has 2 aromatic carbocycles. The van der Waals surface area contributed by atoms with Crippen LogP contribution in [0, 0.1) is 0 Å². The average molecular weight is 317 g/mol. The summed E-state index contributed by atoms with van der Waals surface area (Å²) in [4.78, 5) is 25.1. The molecule has 0 atom stereocenters. The van der Waals surface area contributed by atoms with Crippen molar-refractivity contribution in [3.8, 4) is 11.5 Å². The molecular weight excluding hydrogens is 304 g/mol. The number of carbonyl (C=O) groups excluding carboxylic acids is 2. The summed E-state index contributed by atoms with van der Waals surface area (Å²) in [5.74, 6) is -0.640. The van der Waals surface area contributed by atoms with E-state index in [2.05, 4.69) is 0 Å². The summed E-state index contributed by atoms with van der Waals surface area (Å²) in [5.41, 5.74) is 1.30. The first kappa shape index (κ1) is 14.6. The Balaban J connectivity index is 2.14. The van der Waals surface area contributed by atoms with E-state index in [0.29, 0.717) is 28.2 Å². The van der Waals surface area contributed by atoms with Crippen molar-refractivity contribution < 1.29 is 19.1 Å². The molecule has 2 aromatic rings. The van der Waals surface area contributed by atoms with Gasteiger partial charge in [-0.25, -0.2) is 0 Å². The maximum Gasteiger partial charge on any atom is 0.179 e. The third kappa shape index (κ3) is 1.99. The molecule has 0 aliphatic heterocycles. The fourth-order valence-corrected chi connectivity index (χ4v) is 3.10. The molecule has 4 nitrogen and oxygen atoms in total. The minimum atomic E-state index is -0.926. The summed E-state index contributed by atoms with van der Waals surface area (Å²) in [6, 6.07) is 10.1. The van der Waals surface area contributed by atoms with Gasteiger partial charge in [-0.15, -0.1) is 0 Å². The van der Waals surface area contributed by atoms with E-state index in [1.165, 1.54) is 14.2 Å². The van der Waals surface area contributed by atoms with Crippen LogP contribution in [-0.4, -0.2) is 25.8 Å². The van der Waals surface area contributed by atoms with Gasteiger partial charge in [-0.1, -0.05) is 41.9 Å². The van der Waals surface area contributed by atoms with Gasteiger partial charge in [0, 0.05) is 11.1 Å².